The molecule has 2 N–H and O–H groups in total. The quantitative estimate of drug-likeness (QED) is 0.399. The Bertz CT molecular complexity index is 1210. The van der Waals surface area contributed by atoms with Gasteiger partial charge in [0.2, 0.25) is 0 Å². The third-order valence-corrected chi connectivity index (χ3v) is 6.38. The largest absolute Gasteiger partial charge is 0.573 e. The fourth-order valence-corrected chi connectivity index (χ4v) is 4.70. The molecule has 0 saturated carbocycles. The molecule has 5 nitrogen and oxygen atoms in total. The molecule has 0 bridgehead atoms. The van der Waals surface area contributed by atoms with Gasteiger partial charge in [-0.1, -0.05) is 6.07 Å². The normalized spacial score (nSPS) is 11.6. The molecule has 4 aromatic rings. The standard InChI is InChI=1S/C21H16F3N3O2S2/c1-12-16(19(25)28)9-18(27(12)10-15-3-2-8-30-15)17-11-31-20(26-17)13-4-6-14(7-5-13)29-21(22,23)24/h2-9,11H,10H2,1H3,(H2,25,28). The number of hydrogen-bond donors (Lipinski definition) is 1. The van der Waals surface area contributed by atoms with E-state index in [-0.39, 0.29) is 5.75 Å². The van der Waals surface area contributed by atoms with Gasteiger partial charge in [-0.15, -0.1) is 35.8 Å². The van der Waals surface area contributed by atoms with Gasteiger partial charge in [-0.2, -0.15) is 0 Å². The van der Waals surface area contributed by atoms with E-state index in [4.69, 9.17) is 5.73 Å². The summed E-state index contributed by atoms with van der Waals surface area (Å²) in [5.74, 6) is -0.807. The highest BCUT2D eigenvalue weighted by Gasteiger charge is 2.31. The first-order valence-corrected chi connectivity index (χ1v) is 10.8. The van der Waals surface area contributed by atoms with E-state index in [1.54, 1.807) is 17.4 Å². The zero-order valence-electron chi connectivity index (χ0n) is 16.1. The summed E-state index contributed by atoms with van der Waals surface area (Å²) < 4.78 is 43.0. The van der Waals surface area contributed by atoms with Gasteiger partial charge in [-0.05, 0) is 48.7 Å². The number of hydrogen-bond acceptors (Lipinski definition) is 5. The topological polar surface area (TPSA) is 70.1 Å². The lowest BCUT2D eigenvalue weighted by Gasteiger charge is -2.09. The Morgan fingerprint density at radius 1 is 1.19 bits per heavy atom. The highest BCUT2D eigenvalue weighted by molar-refractivity contribution is 7.13. The maximum absolute atomic E-state index is 12.4. The Morgan fingerprint density at radius 3 is 2.55 bits per heavy atom. The lowest BCUT2D eigenvalue weighted by molar-refractivity contribution is -0.274. The van der Waals surface area contributed by atoms with Crippen molar-refractivity contribution in [3.05, 3.63) is 69.4 Å². The summed E-state index contributed by atoms with van der Waals surface area (Å²) in [6.07, 6.45) is -4.74. The second kappa shape index (κ2) is 8.20. The highest BCUT2D eigenvalue weighted by atomic mass is 32.1. The zero-order valence-corrected chi connectivity index (χ0v) is 17.8. The van der Waals surface area contributed by atoms with Crippen molar-refractivity contribution in [1.82, 2.24) is 9.55 Å². The average Bonchev–Trinajstić information content (AvgIpc) is 3.43. The molecule has 0 atom stereocenters. The maximum atomic E-state index is 12.4. The van der Waals surface area contributed by atoms with Gasteiger partial charge in [0, 0.05) is 21.5 Å². The van der Waals surface area contributed by atoms with Crippen LogP contribution in [0.3, 0.4) is 0 Å². The first kappa shape index (κ1) is 21.1. The van der Waals surface area contributed by atoms with Gasteiger partial charge in [0.1, 0.15) is 10.8 Å². The molecular weight excluding hydrogens is 447 g/mol. The lowest BCUT2D eigenvalue weighted by Crippen LogP contribution is -2.16. The highest BCUT2D eigenvalue weighted by Crippen LogP contribution is 2.33. The molecule has 31 heavy (non-hydrogen) atoms. The fourth-order valence-electron chi connectivity index (χ4n) is 3.19. The Balaban J connectivity index is 1.67. The molecule has 3 heterocycles. The van der Waals surface area contributed by atoms with Crippen LogP contribution in [0.25, 0.3) is 22.0 Å². The molecule has 1 amide bonds. The predicted octanol–water partition coefficient (Wildman–Crippen LogP) is 5.69. The minimum absolute atomic E-state index is 0.292. The molecule has 1 aromatic carbocycles. The summed E-state index contributed by atoms with van der Waals surface area (Å²) in [4.78, 5) is 17.6. The number of carbonyl (C=O) groups excluding carboxylic acids is 1. The van der Waals surface area contributed by atoms with Crippen LogP contribution in [0.5, 0.6) is 5.75 Å². The third-order valence-electron chi connectivity index (χ3n) is 4.63. The van der Waals surface area contributed by atoms with Crippen molar-refractivity contribution in [3.8, 4) is 27.7 Å². The summed E-state index contributed by atoms with van der Waals surface area (Å²) >= 11 is 2.96. The van der Waals surface area contributed by atoms with Crippen LogP contribution >= 0.6 is 22.7 Å². The van der Waals surface area contributed by atoms with Crippen LogP contribution in [-0.2, 0) is 6.54 Å². The Labute approximate surface area is 183 Å². The van der Waals surface area contributed by atoms with E-state index >= 15 is 0 Å². The Kier molecular flexibility index (Phi) is 5.59. The van der Waals surface area contributed by atoms with Crippen LogP contribution in [0, 0.1) is 6.92 Å². The summed E-state index contributed by atoms with van der Waals surface area (Å²) in [5.41, 5.74) is 8.78. The zero-order chi connectivity index (χ0) is 22.2. The molecule has 3 aromatic heterocycles. The monoisotopic (exact) mass is 463 g/mol. The summed E-state index contributed by atoms with van der Waals surface area (Å²) in [5, 5.41) is 4.46. The fraction of sp³-hybridized carbons (Fsp3) is 0.143. The number of carbonyl (C=O) groups is 1. The molecule has 0 fully saturated rings. The van der Waals surface area contributed by atoms with Crippen molar-refractivity contribution >= 4 is 28.6 Å². The van der Waals surface area contributed by atoms with E-state index in [0.29, 0.717) is 28.4 Å². The number of alkyl halides is 3. The number of aromatic nitrogens is 2. The molecule has 0 spiro atoms. The Hall–Kier alpha value is -3.11. The van der Waals surface area contributed by atoms with E-state index in [1.165, 1.54) is 35.6 Å². The molecule has 0 saturated heterocycles. The molecule has 0 radical (unpaired) electrons. The van der Waals surface area contributed by atoms with E-state index in [0.717, 1.165) is 16.3 Å². The van der Waals surface area contributed by atoms with Crippen molar-refractivity contribution in [2.45, 2.75) is 19.8 Å². The Morgan fingerprint density at radius 2 is 1.94 bits per heavy atom. The molecule has 0 aliphatic heterocycles. The van der Waals surface area contributed by atoms with Crippen LogP contribution in [0.2, 0.25) is 0 Å². The molecule has 0 aliphatic carbocycles. The number of thiazole rings is 1. The number of ether oxygens (including phenoxy) is 1. The van der Waals surface area contributed by atoms with Gasteiger partial charge in [-0.25, -0.2) is 4.98 Å². The van der Waals surface area contributed by atoms with Gasteiger partial charge in [0.05, 0.1) is 23.5 Å². The summed E-state index contributed by atoms with van der Waals surface area (Å²) in [6.45, 7) is 2.41. The van der Waals surface area contributed by atoms with Crippen LogP contribution in [0.1, 0.15) is 20.9 Å². The number of thiophene rings is 1. The van der Waals surface area contributed by atoms with Crippen molar-refractivity contribution in [1.29, 1.82) is 0 Å². The number of nitrogens with zero attached hydrogens (tertiary/aromatic N) is 2. The second-order valence-electron chi connectivity index (χ2n) is 6.67. The maximum Gasteiger partial charge on any atom is 0.573 e. The lowest BCUT2D eigenvalue weighted by atomic mass is 10.2. The average molecular weight is 464 g/mol. The molecule has 160 valence electrons. The van der Waals surface area contributed by atoms with Crippen molar-refractivity contribution in [3.63, 3.8) is 0 Å². The molecule has 4 rings (SSSR count). The van der Waals surface area contributed by atoms with E-state index < -0.39 is 12.3 Å². The van der Waals surface area contributed by atoms with Crippen molar-refractivity contribution in [2.75, 3.05) is 0 Å². The minimum atomic E-state index is -4.74. The van der Waals surface area contributed by atoms with E-state index in [1.807, 2.05) is 34.4 Å². The summed E-state index contributed by atoms with van der Waals surface area (Å²) in [7, 11) is 0. The summed E-state index contributed by atoms with van der Waals surface area (Å²) in [6, 6.07) is 11.2. The number of rotatable bonds is 6. The van der Waals surface area contributed by atoms with E-state index in [2.05, 4.69) is 9.72 Å². The predicted molar refractivity (Wildman–Crippen MR) is 114 cm³/mol. The van der Waals surface area contributed by atoms with Crippen LogP contribution in [0.15, 0.2) is 53.2 Å². The molecular formula is C21H16F3N3O2S2. The molecule has 0 aliphatic rings. The van der Waals surface area contributed by atoms with Crippen molar-refractivity contribution < 1.29 is 22.7 Å². The number of primary amides is 1. The van der Waals surface area contributed by atoms with Gasteiger partial charge >= 0.3 is 6.36 Å². The third kappa shape index (κ3) is 4.64. The SMILES string of the molecule is Cc1c(C(N)=O)cc(-c2csc(-c3ccc(OC(F)(F)F)cc3)n2)n1Cc1cccs1. The smallest absolute Gasteiger partial charge is 0.406 e. The van der Waals surface area contributed by atoms with Crippen molar-refractivity contribution in [2.24, 2.45) is 5.73 Å². The minimum Gasteiger partial charge on any atom is -0.406 e. The first-order chi connectivity index (χ1) is 14.7. The molecule has 0 unspecified atom stereocenters. The van der Waals surface area contributed by atoms with Crippen LogP contribution in [-0.4, -0.2) is 21.8 Å². The second-order valence-corrected chi connectivity index (χ2v) is 8.56. The van der Waals surface area contributed by atoms with E-state index in [9.17, 15) is 18.0 Å². The van der Waals surface area contributed by atoms with Crippen LogP contribution in [0.4, 0.5) is 13.2 Å². The number of amides is 1. The number of halogens is 3. The van der Waals surface area contributed by atoms with Gasteiger partial charge in [0.15, 0.2) is 0 Å². The van der Waals surface area contributed by atoms with Crippen LogP contribution < -0.4 is 10.5 Å². The number of benzene rings is 1. The number of nitrogens with two attached hydrogens (primary N) is 1. The van der Waals surface area contributed by atoms with Gasteiger partial charge in [-0.3, -0.25) is 4.79 Å². The van der Waals surface area contributed by atoms with Gasteiger partial charge in [0.25, 0.3) is 5.91 Å². The van der Waals surface area contributed by atoms with Gasteiger partial charge < -0.3 is 15.0 Å². The first-order valence-electron chi connectivity index (χ1n) is 9.05. The molecule has 10 heteroatoms.